The molecule has 13 heavy (non-hydrogen) atoms. The molecule has 3 nitrogen and oxygen atoms in total. The zero-order valence-corrected chi connectivity index (χ0v) is 9.28. The highest BCUT2D eigenvalue weighted by molar-refractivity contribution is 6.19. The first-order valence-electron chi connectivity index (χ1n) is 4.46. The molecule has 0 saturated carbocycles. The molecule has 0 rings (SSSR count). The van der Waals surface area contributed by atoms with Crippen LogP contribution in [0.15, 0.2) is 0 Å². The van der Waals surface area contributed by atoms with Crippen LogP contribution in [-0.4, -0.2) is 31.5 Å². The lowest BCUT2D eigenvalue weighted by atomic mass is 9.95. The fraction of sp³-hybridized carbons (Fsp3) is 0.889. The number of alkyl halides is 1. The van der Waals surface area contributed by atoms with Gasteiger partial charge in [-0.2, -0.15) is 0 Å². The summed E-state index contributed by atoms with van der Waals surface area (Å²) in [5, 5.41) is 2.76. The third-order valence-electron chi connectivity index (χ3n) is 1.68. The van der Waals surface area contributed by atoms with Crippen molar-refractivity contribution in [2.75, 3.05) is 25.6 Å². The Balaban J connectivity index is 3.62. The number of nitrogens with one attached hydrogen (secondary N) is 1. The van der Waals surface area contributed by atoms with Crippen LogP contribution in [0.5, 0.6) is 0 Å². The summed E-state index contributed by atoms with van der Waals surface area (Å²) in [6.45, 7) is 7.33. The summed E-state index contributed by atoms with van der Waals surface area (Å²) in [7, 11) is 0. The number of ether oxygens (including phenoxy) is 1. The van der Waals surface area contributed by atoms with E-state index in [0.29, 0.717) is 25.6 Å². The Morgan fingerprint density at radius 1 is 1.54 bits per heavy atom. The molecule has 0 atom stereocenters. The van der Waals surface area contributed by atoms with Crippen molar-refractivity contribution in [3.05, 3.63) is 0 Å². The van der Waals surface area contributed by atoms with Crippen LogP contribution in [0.2, 0.25) is 0 Å². The number of amides is 1. The molecule has 0 aliphatic carbocycles. The molecule has 0 aliphatic rings. The fourth-order valence-corrected chi connectivity index (χ4v) is 0.802. The van der Waals surface area contributed by atoms with Gasteiger partial charge in [-0.25, -0.2) is 0 Å². The van der Waals surface area contributed by atoms with Crippen LogP contribution in [-0.2, 0) is 9.53 Å². The van der Waals surface area contributed by atoms with Gasteiger partial charge < -0.3 is 10.1 Å². The van der Waals surface area contributed by atoms with Crippen molar-refractivity contribution in [2.45, 2.75) is 20.8 Å². The van der Waals surface area contributed by atoms with E-state index in [1.54, 1.807) is 0 Å². The number of carbonyl (C=O) groups is 1. The Morgan fingerprint density at radius 3 is 2.62 bits per heavy atom. The first kappa shape index (κ1) is 12.7. The van der Waals surface area contributed by atoms with Gasteiger partial charge in [0.2, 0.25) is 5.91 Å². The Bertz CT molecular complexity index is 160. The smallest absolute Gasteiger partial charge is 0.226 e. The molecule has 0 aromatic heterocycles. The van der Waals surface area contributed by atoms with Gasteiger partial charge >= 0.3 is 0 Å². The maximum absolute atomic E-state index is 11.4. The Morgan fingerprint density at radius 2 is 2.15 bits per heavy atom. The van der Waals surface area contributed by atoms with Gasteiger partial charge in [0.25, 0.3) is 0 Å². The summed E-state index contributed by atoms with van der Waals surface area (Å²) >= 11 is 5.64. The van der Waals surface area contributed by atoms with E-state index in [2.05, 4.69) is 5.32 Å². The Hall–Kier alpha value is -0.280. The zero-order valence-electron chi connectivity index (χ0n) is 8.52. The molecule has 0 saturated heterocycles. The molecule has 0 spiro atoms. The zero-order chi connectivity index (χ0) is 10.3. The normalized spacial score (nSPS) is 11.4. The van der Waals surface area contributed by atoms with Crippen molar-refractivity contribution in [3.8, 4) is 0 Å². The molecule has 78 valence electrons. The second-order valence-electron chi connectivity index (χ2n) is 3.47. The molecule has 0 aromatic carbocycles. The second-order valence-corrected chi connectivity index (χ2v) is 3.74. The molecule has 0 fully saturated rings. The largest absolute Gasteiger partial charge is 0.380 e. The lowest BCUT2D eigenvalue weighted by Crippen LogP contribution is -2.39. The predicted molar refractivity (Wildman–Crippen MR) is 54.0 cm³/mol. The summed E-state index contributed by atoms with van der Waals surface area (Å²) in [6.07, 6.45) is 0. The summed E-state index contributed by atoms with van der Waals surface area (Å²) in [5.41, 5.74) is -0.492. The summed E-state index contributed by atoms with van der Waals surface area (Å²) in [5.74, 6) is 0.301. The van der Waals surface area contributed by atoms with Crippen LogP contribution >= 0.6 is 11.6 Å². The van der Waals surface area contributed by atoms with Gasteiger partial charge in [0, 0.05) is 19.0 Å². The molecule has 1 N–H and O–H groups in total. The summed E-state index contributed by atoms with van der Waals surface area (Å²) in [6, 6.07) is 0. The molecule has 4 heteroatoms. The standard InChI is InChI=1S/C9H18ClNO2/c1-4-13-6-5-11-8(12)9(2,3)7-10/h4-7H2,1-3H3,(H,11,12). The lowest BCUT2D eigenvalue weighted by Gasteiger charge is -2.20. The first-order valence-corrected chi connectivity index (χ1v) is 5.00. The molecule has 0 radical (unpaired) electrons. The Labute approximate surface area is 84.8 Å². The monoisotopic (exact) mass is 207 g/mol. The highest BCUT2D eigenvalue weighted by Crippen LogP contribution is 2.16. The van der Waals surface area contributed by atoms with Crippen molar-refractivity contribution in [1.82, 2.24) is 5.32 Å². The van der Waals surface area contributed by atoms with E-state index in [1.807, 2.05) is 20.8 Å². The fourth-order valence-electron chi connectivity index (χ4n) is 0.681. The SMILES string of the molecule is CCOCCNC(=O)C(C)(C)CCl. The quantitative estimate of drug-likeness (QED) is 0.528. The Kier molecular flexibility index (Phi) is 6.08. The third-order valence-corrected chi connectivity index (χ3v) is 2.35. The average molecular weight is 208 g/mol. The number of halogens is 1. The maximum Gasteiger partial charge on any atom is 0.226 e. The van der Waals surface area contributed by atoms with Gasteiger partial charge in [0.15, 0.2) is 0 Å². The predicted octanol–water partition coefficient (Wildman–Crippen LogP) is 1.40. The van der Waals surface area contributed by atoms with E-state index in [9.17, 15) is 4.79 Å². The molecule has 0 heterocycles. The van der Waals surface area contributed by atoms with E-state index in [1.165, 1.54) is 0 Å². The van der Waals surface area contributed by atoms with E-state index < -0.39 is 5.41 Å². The number of hydrogen-bond donors (Lipinski definition) is 1. The minimum Gasteiger partial charge on any atom is -0.380 e. The van der Waals surface area contributed by atoms with Crippen molar-refractivity contribution in [3.63, 3.8) is 0 Å². The highest BCUT2D eigenvalue weighted by Gasteiger charge is 2.25. The molecule has 0 aromatic rings. The van der Waals surface area contributed by atoms with Crippen LogP contribution in [0.25, 0.3) is 0 Å². The van der Waals surface area contributed by atoms with Crippen LogP contribution in [0.3, 0.4) is 0 Å². The van der Waals surface area contributed by atoms with Gasteiger partial charge in [-0.1, -0.05) is 0 Å². The summed E-state index contributed by atoms with van der Waals surface area (Å²) < 4.78 is 5.08. The van der Waals surface area contributed by atoms with Gasteiger partial charge in [-0.15, -0.1) is 11.6 Å². The van der Waals surface area contributed by atoms with Crippen molar-refractivity contribution in [2.24, 2.45) is 5.41 Å². The number of carbonyl (C=O) groups excluding carboxylic acids is 1. The lowest BCUT2D eigenvalue weighted by molar-refractivity contribution is -0.128. The van der Waals surface area contributed by atoms with Crippen LogP contribution in [0.4, 0.5) is 0 Å². The molecule has 0 unspecified atom stereocenters. The molecule has 0 aliphatic heterocycles. The minimum absolute atomic E-state index is 0.0257. The second kappa shape index (κ2) is 6.22. The van der Waals surface area contributed by atoms with Crippen molar-refractivity contribution < 1.29 is 9.53 Å². The van der Waals surface area contributed by atoms with E-state index >= 15 is 0 Å². The number of rotatable bonds is 6. The van der Waals surface area contributed by atoms with E-state index in [4.69, 9.17) is 16.3 Å². The summed E-state index contributed by atoms with van der Waals surface area (Å²) in [4.78, 5) is 11.4. The van der Waals surface area contributed by atoms with Gasteiger partial charge in [-0.05, 0) is 20.8 Å². The van der Waals surface area contributed by atoms with E-state index in [0.717, 1.165) is 0 Å². The van der Waals surface area contributed by atoms with Crippen molar-refractivity contribution in [1.29, 1.82) is 0 Å². The van der Waals surface area contributed by atoms with Gasteiger partial charge in [0.05, 0.1) is 12.0 Å². The third kappa shape index (κ3) is 5.11. The van der Waals surface area contributed by atoms with Crippen LogP contribution in [0.1, 0.15) is 20.8 Å². The maximum atomic E-state index is 11.4. The average Bonchev–Trinajstić information content (AvgIpc) is 2.12. The van der Waals surface area contributed by atoms with Crippen molar-refractivity contribution >= 4 is 17.5 Å². The first-order chi connectivity index (χ1) is 6.04. The molecule has 0 bridgehead atoms. The van der Waals surface area contributed by atoms with E-state index in [-0.39, 0.29) is 5.91 Å². The minimum atomic E-state index is -0.492. The van der Waals surface area contributed by atoms with Crippen LogP contribution in [0, 0.1) is 5.41 Å². The van der Waals surface area contributed by atoms with Gasteiger partial charge in [0.1, 0.15) is 0 Å². The van der Waals surface area contributed by atoms with Crippen LogP contribution < -0.4 is 5.32 Å². The van der Waals surface area contributed by atoms with Gasteiger partial charge in [-0.3, -0.25) is 4.79 Å². The molecule has 1 amide bonds. The highest BCUT2D eigenvalue weighted by atomic mass is 35.5. The molecular formula is C9H18ClNO2. The number of hydrogen-bond acceptors (Lipinski definition) is 2. The molecular weight excluding hydrogens is 190 g/mol. The topological polar surface area (TPSA) is 38.3 Å².